The van der Waals surface area contributed by atoms with Gasteiger partial charge in [-0.05, 0) is 60.5 Å². The molecule has 168 valence electrons. The molecule has 6 nitrogen and oxygen atoms in total. The standard InChI is InChI=1S/C25H20ClFN2O4/c1-14-12-16(26)6-10-19(14)29-24(30)22(15-4-7-17(27)8-5-15)23(25(29)31)28-18-9-11-20(32-2)21(13-18)33-3/h4-13,28H,1-3H3. The number of benzene rings is 3. The molecule has 33 heavy (non-hydrogen) atoms. The molecule has 1 heterocycles. The zero-order chi connectivity index (χ0) is 23.7. The van der Waals surface area contributed by atoms with E-state index in [4.69, 9.17) is 21.1 Å². The molecule has 8 heteroatoms. The van der Waals surface area contributed by atoms with Crippen LogP contribution in [0.25, 0.3) is 5.57 Å². The van der Waals surface area contributed by atoms with Gasteiger partial charge in [-0.25, -0.2) is 9.29 Å². The van der Waals surface area contributed by atoms with Crippen molar-refractivity contribution in [2.75, 3.05) is 24.4 Å². The monoisotopic (exact) mass is 466 g/mol. The van der Waals surface area contributed by atoms with Gasteiger partial charge in [0.25, 0.3) is 11.8 Å². The summed E-state index contributed by atoms with van der Waals surface area (Å²) >= 11 is 6.06. The number of anilines is 2. The molecule has 0 bridgehead atoms. The molecule has 4 rings (SSSR count). The van der Waals surface area contributed by atoms with Crippen LogP contribution < -0.4 is 19.7 Å². The molecular weight excluding hydrogens is 447 g/mol. The van der Waals surface area contributed by atoms with Gasteiger partial charge >= 0.3 is 0 Å². The molecule has 3 aromatic carbocycles. The number of amides is 2. The van der Waals surface area contributed by atoms with Gasteiger partial charge in [0.2, 0.25) is 0 Å². The quantitative estimate of drug-likeness (QED) is 0.506. The van der Waals surface area contributed by atoms with Crippen molar-refractivity contribution in [2.24, 2.45) is 0 Å². The van der Waals surface area contributed by atoms with Crippen LogP contribution in [0.1, 0.15) is 11.1 Å². The summed E-state index contributed by atoms with van der Waals surface area (Å²) in [5.74, 6) is -0.549. The fraction of sp³-hybridized carbons (Fsp3) is 0.120. The normalized spacial score (nSPS) is 13.5. The summed E-state index contributed by atoms with van der Waals surface area (Å²) in [6, 6.07) is 15.4. The molecule has 0 atom stereocenters. The number of hydrogen-bond acceptors (Lipinski definition) is 5. The molecule has 0 aliphatic carbocycles. The van der Waals surface area contributed by atoms with Crippen LogP contribution >= 0.6 is 11.6 Å². The van der Waals surface area contributed by atoms with Gasteiger partial charge in [-0.1, -0.05) is 23.7 Å². The van der Waals surface area contributed by atoms with Crippen LogP contribution in [0, 0.1) is 12.7 Å². The lowest BCUT2D eigenvalue weighted by Crippen LogP contribution is -2.33. The first kappa shape index (κ1) is 22.4. The topological polar surface area (TPSA) is 67.9 Å². The fourth-order valence-electron chi connectivity index (χ4n) is 3.68. The molecule has 0 fully saturated rings. The molecule has 1 N–H and O–H groups in total. The first-order valence-electron chi connectivity index (χ1n) is 9.98. The fourth-order valence-corrected chi connectivity index (χ4v) is 3.90. The molecule has 3 aromatic rings. The Labute approximate surface area is 195 Å². The van der Waals surface area contributed by atoms with E-state index < -0.39 is 17.6 Å². The molecule has 0 aromatic heterocycles. The average Bonchev–Trinajstić information content (AvgIpc) is 3.04. The predicted octanol–water partition coefficient (Wildman–Crippen LogP) is 5.20. The van der Waals surface area contributed by atoms with Crippen LogP contribution in [0.2, 0.25) is 5.02 Å². The highest BCUT2D eigenvalue weighted by Crippen LogP contribution is 2.37. The molecule has 0 saturated carbocycles. The lowest BCUT2D eigenvalue weighted by atomic mass is 10.0. The number of carbonyl (C=O) groups excluding carboxylic acids is 2. The van der Waals surface area contributed by atoms with Crippen LogP contribution in [0.5, 0.6) is 11.5 Å². The highest BCUT2D eigenvalue weighted by molar-refractivity contribution is 6.46. The van der Waals surface area contributed by atoms with Crippen molar-refractivity contribution in [1.29, 1.82) is 0 Å². The van der Waals surface area contributed by atoms with Gasteiger partial charge < -0.3 is 14.8 Å². The first-order chi connectivity index (χ1) is 15.8. The van der Waals surface area contributed by atoms with Crippen molar-refractivity contribution in [3.63, 3.8) is 0 Å². The molecule has 1 aliphatic rings. The first-order valence-corrected chi connectivity index (χ1v) is 10.4. The number of aryl methyl sites for hydroxylation is 1. The van der Waals surface area contributed by atoms with E-state index in [-0.39, 0.29) is 11.3 Å². The van der Waals surface area contributed by atoms with Gasteiger partial charge in [-0.15, -0.1) is 0 Å². The van der Waals surface area contributed by atoms with Gasteiger partial charge in [0.15, 0.2) is 11.5 Å². The highest BCUT2D eigenvalue weighted by atomic mass is 35.5. The smallest absolute Gasteiger partial charge is 0.282 e. The Hall–Kier alpha value is -3.84. The summed E-state index contributed by atoms with van der Waals surface area (Å²) in [6.45, 7) is 1.76. The van der Waals surface area contributed by atoms with Gasteiger partial charge in [0, 0.05) is 16.8 Å². The van der Waals surface area contributed by atoms with Crippen LogP contribution in [0.3, 0.4) is 0 Å². The van der Waals surface area contributed by atoms with E-state index >= 15 is 0 Å². The number of nitrogens with one attached hydrogen (secondary N) is 1. The van der Waals surface area contributed by atoms with E-state index in [0.717, 1.165) is 4.90 Å². The number of ether oxygens (including phenoxy) is 2. The van der Waals surface area contributed by atoms with Crippen molar-refractivity contribution >= 4 is 40.4 Å². The average molecular weight is 467 g/mol. The summed E-state index contributed by atoms with van der Waals surface area (Å²) in [4.78, 5) is 28.1. The third kappa shape index (κ3) is 4.15. The Bertz CT molecular complexity index is 1290. The lowest BCUT2D eigenvalue weighted by molar-refractivity contribution is -0.120. The van der Waals surface area contributed by atoms with Gasteiger partial charge in [0.05, 0.1) is 25.5 Å². The molecular formula is C25H20ClFN2O4. The van der Waals surface area contributed by atoms with Crippen molar-refractivity contribution in [3.8, 4) is 11.5 Å². The maximum atomic E-state index is 13.5. The van der Waals surface area contributed by atoms with E-state index in [1.165, 1.54) is 38.5 Å². The van der Waals surface area contributed by atoms with Crippen molar-refractivity contribution < 1.29 is 23.5 Å². The van der Waals surface area contributed by atoms with E-state index in [1.807, 2.05) is 0 Å². The van der Waals surface area contributed by atoms with Crippen LogP contribution in [-0.2, 0) is 9.59 Å². The largest absolute Gasteiger partial charge is 0.493 e. The van der Waals surface area contributed by atoms with Crippen molar-refractivity contribution in [1.82, 2.24) is 0 Å². The Morgan fingerprint density at radius 3 is 2.21 bits per heavy atom. The number of methoxy groups -OCH3 is 2. The minimum atomic E-state index is -0.542. The molecule has 0 spiro atoms. The van der Waals surface area contributed by atoms with Gasteiger partial charge in [0.1, 0.15) is 11.5 Å². The molecule has 1 aliphatic heterocycles. The number of nitrogens with zero attached hydrogens (tertiary/aromatic N) is 1. The van der Waals surface area contributed by atoms with Gasteiger partial charge in [-0.3, -0.25) is 9.59 Å². The summed E-state index contributed by atoms with van der Waals surface area (Å²) in [7, 11) is 3.02. The highest BCUT2D eigenvalue weighted by Gasteiger charge is 2.41. The van der Waals surface area contributed by atoms with Crippen LogP contribution in [-0.4, -0.2) is 26.0 Å². The Balaban J connectivity index is 1.83. The van der Waals surface area contributed by atoms with Gasteiger partial charge in [-0.2, -0.15) is 0 Å². The third-order valence-electron chi connectivity index (χ3n) is 5.27. The summed E-state index contributed by atoms with van der Waals surface area (Å²) in [6.07, 6.45) is 0. The second-order valence-corrected chi connectivity index (χ2v) is 7.76. The number of hydrogen-bond donors (Lipinski definition) is 1. The summed E-state index contributed by atoms with van der Waals surface area (Å²) in [5, 5.41) is 3.54. The maximum Gasteiger partial charge on any atom is 0.282 e. The Morgan fingerprint density at radius 1 is 0.879 bits per heavy atom. The summed E-state index contributed by atoms with van der Waals surface area (Å²) < 4.78 is 24.1. The second kappa shape index (κ2) is 8.96. The number of halogens is 2. The zero-order valence-electron chi connectivity index (χ0n) is 18.1. The van der Waals surface area contributed by atoms with E-state index in [2.05, 4.69) is 5.32 Å². The molecule has 2 amide bonds. The van der Waals surface area contributed by atoms with E-state index in [9.17, 15) is 14.0 Å². The number of carbonyl (C=O) groups is 2. The Morgan fingerprint density at radius 2 is 1.58 bits per heavy atom. The second-order valence-electron chi connectivity index (χ2n) is 7.33. The SMILES string of the molecule is COc1ccc(NC2=C(c3ccc(F)cc3)C(=O)N(c3ccc(Cl)cc3C)C2=O)cc1OC. The molecule has 0 radical (unpaired) electrons. The summed E-state index contributed by atoms with van der Waals surface area (Å²) in [5.41, 5.74) is 2.19. The minimum Gasteiger partial charge on any atom is -0.493 e. The third-order valence-corrected chi connectivity index (χ3v) is 5.50. The van der Waals surface area contributed by atoms with Crippen molar-refractivity contribution in [2.45, 2.75) is 6.92 Å². The van der Waals surface area contributed by atoms with E-state index in [0.29, 0.717) is 39.0 Å². The maximum absolute atomic E-state index is 13.5. The zero-order valence-corrected chi connectivity index (χ0v) is 18.9. The Kier molecular flexibility index (Phi) is 6.07. The number of rotatable bonds is 6. The molecule has 0 unspecified atom stereocenters. The van der Waals surface area contributed by atoms with E-state index in [1.54, 1.807) is 43.3 Å². The minimum absolute atomic E-state index is 0.0631. The number of imide groups is 1. The van der Waals surface area contributed by atoms with Crippen LogP contribution in [0.4, 0.5) is 15.8 Å². The molecule has 0 saturated heterocycles. The lowest BCUT2D eigenvalue weighted by Gasteiger charge is -2.18. The van der Waals surface area contributed by atoms with Crippen molar-refractivity contribution in [3.05, 3.63) is 88.3 Å². The predicted molar refractivity (Wildman–Crippen MR) is 125 cm³/mol. The van der Waals surface area contributed by atoms with Crippen LogP contribution in [0.15, 0.2) is 66.4 Å².